The van der Waals surface area contributed by atoms with Crippen molar-refractivity contribution in [3.8, 4) is 33.6 Å². The summed E-state index contributed by atoms with van der Waals surface area (Å²) in [7, 11) is 0. The second kappa shape index (κ2) is 9.45. The molecule has 0 radical (unpaired) electrons. The highest BCUT2D eigenvalue weighted by Crippen LogP contribution is 2.45. The standard InChI is InChI=1S/C31H31N5O/c1-3-15-35-16-18-36(19-17-35)23-13-11-21(12-14-23)24-5-4-6-25-26(24)29-27(30(25)37)28(33-31(32)34-29)22-9-7-20(2)8-10-22/h4-14H,3,15-19H2,1-2H3,(H2,32,33,34). The molecule has 6 heteroatoms. The second-order valence-corrected chi connectivity index (χ2v) is 9.95. The number of ketones is 1. The SMILES string of the molecule is CCCN1CCN(c2ccc(-c3cccc4c3-c3nc(N)nc(-c5ccc(C)cc5)c3C4=O)cc2)CC1. The number of rotatable bonds is 5. The molecule has 6 rings (SSSR count). The van der Waals surface area contributed by atoms with E-state index in [0.717, 1.165) is 54.0 Å². The predicted molar refractivity (Wildman–Crippen MR) is 150 cm³/mol. The molecule has 1 aromatic heterocycles. The molecule has 1 saturated heterocycles. The zero-order chi connectivity index (χ0) is 25.5. The molecule has 6 nitrogen and oxygen atoms in total. The Balaban J connectivity index is 1.37. The summed E-state index contributed by atoms with van der Waals surface area (Å²) in [4.78, 5) is 27.7. The minimum atomic E-state index is -0.0519. The molecule has 2 aliphatic rings. The Bertz CT molecular complexity index is 1470. The smallest absolute Gasteiger partial charge is 0.221 e. The van der Waals surface area contributed by atoms with Gasteiger partial charge in [0.05, 0.1) is 17.0 Å². The van der Waals surface area contributed by atoms with E-state index < -0.39 is 0 Å². The van der Waals surface area contributed by atoms with Crippen molar-refractivity contribution in [2.75, 3.05) is 43.4 Å². The number of aromatic nitrogens is 2. The van der Waals surface area contributed by atoms with Gasteiger partial charge >= 0.3 is 0 Å². The van der Waals surface area contributed by atoms with Gasteiger partial charge in [-0.2, -0.15) is 0 Å². The molecule has 0 spiro atoms. The van der Waals surface area contributed by atoms with E-state index in [1.807, 2.05) is 43.3 Å². The molecule has 0 atom stereocenters. The minimum absolute atomic E-state index is 0.0519. The molecule has 1 aliphatic carbocycles. The van der Waals surface area contributed by atoms with Gasteiger partial charge < -0.3 is 10.6 Å². The summed E-state index contributed by atoms with van der Waals surface area (Å²) in [6.07, 6.45) is 1.20. The molecule has 37 heavy (non-hydrogen) atoms. The van der Waals surface area contributed by atoms with Crippen LogP contribution >= 0.6 is 0 Å². The zero-order valence-corrected chi connectivity index (χ0v) is 21.4. The lowest BCUT2D eigenvalue weighted by Gasteiger charge is -2.36. The van der Waals surface area contributed by atoms with Crippen LogP contribution in [-0.4, -0.2) is 53.4 Å². The summed E-state index contributed by atoms with van der Waals surface area (Å²) in [5.41, 5.74) is 14.7. The first-order valence-corrected chi connectivity index (χ1v) is 13.0. The number of nitrogens with zero attached hydrogens (tertiary/aromatic N) is 4. The van der Waals surface area contributed by atoms with Crippen LogP contribution in [0.3, 0.4) is 0 Å². The van der Waals surface area contributed by atoms with Crippen LogP contribution in [0.5, 0.6) is 0 Å². The predicted octanol–water partition coefficient (Wildman–Crippen LogP) is 5.44. The Morgan fingerprint density at radius 3 is 2.14 bits per heavy atom. The average molecular weight is 490 g/mol. The molecule has 2 heterocycles. The lowest BCUT2D eigenvalue weighted by atomic mass is 9.96. The molecule has 0 unspecified atom stereocenters. The fraction of sp³-hybridized carbons (Fsp3) is 0.258. The summed E-state index contributed by atoms with van der Waals surface area (Å²) in [6.45, 7) is 9.73. The van der Waals surface area contributed by atoms with E-state index in [-0.39, 0.29) is 11.7 Å². The first-order chi connectivity index (χ1) is 18.0. The highest BCUT2D eigenvalue weighted by Gasteiger charge is 2.34. The monoisotopic (exact) mass is 489 g/mol. The van der Waals surface area contributed by atoms with Crippen molar-refractivity contribution in [2.45, 2.75) is 20.3 Å². The van der Waals surface area contributed by atoms with Crippen LogP contribution in [-0.2, 0) is 0 Å². The number of anilines is 2. The molecular weight excluding hydrogens is 458 g/mol. The molecule has 0 saturated carbocycles. The molecule has 4 aromatic rings. The maximum atomic E-state index is 13.6. The molecule has 1 aliphatic heterocycles. The lowest BCUT2D eigenvalue weighted by molar-refractivity contribution is 0.104. The maximum Gasteiger partial charge on any atom is 0.221 e. The van der Waals surface area contributed by atoms with Crippen molar-refractivity contribution in [3.63, 3.8) is 0 Å². The molecule has 0 bridgehead atoms. The Kier molecular flexibility index (Phi) is 5.97. The van der Waals surface area contributed by atoms with Gasteiger partial charge in [-0.3, -0.25) is 9.69 Å². The fourth-order valence-corrected chi connectivity index (χ4v) is 5.56. The lowest BCUT2D eigenvalue weighted by Crippen LogP contribution is -2.46. The summed E-state index contributed by atoms with van der Waals surface area (Å²) in [5, 5.41) is 0. The topological polar surface area (TPSA) is 75.3 Å². The Labute approximate surface area is 217 Å². The van der Waals surface area contributed by atoms with Gasteiger partial charge in [-0.15, -0.1) is 0 Å². The maximum absolute atomic E-state index is 13.6. The quantitative estimate of drug-likeness (QED) is 0.354. The third-order valence-corrected chi connectivity index (χ3v) is 7.48. The van der Waals surface area contributed by atoms with Crippen LogP contribution in [0.4, 0.5) is 11.6 Å². The van der Waals surface area contributed by atoms with Crippen LogP contribution < -0.4 is 10.6 Å². The third kappa shape index (κ3) is 4.17. The van der Waals surface area contributed by atoms with Gasteiger partial charge in [0.2, 0.25) is 5.95 Å². The van der Waals surface area contributed by atoms with Gasteiger partial charge in [0.1, 0.15) is 0 Å². The molecule has 0 amide bonds. The number of nitrogens with two attached hydrogens (primary N) is 1. The van der Waals surface area contributed by atoms with Crippen molar-refractivity contribution in [3.05, 3.63) is 83.4 Å². The minimum Gasteiger partial charge on any atom is -0.369 e. The number of fused-ring (bicyclic) bond motifs is 3. The van der Waals surface area contributed by atoms with Gasteiger partial charge in [-0.05, 0) is 43.1 Å². The fourth-order valence-electron chi connectivity index (χ4n) is 5.56. The van der Waals surface area contributed by atoms with E-state index >= 15 is 0 Å². The number of hydrogen-bond acceptors (Lipinski definition) is 6. The third-order valence-electron chi connectivity index (χ3n) is 7.48. The molecule has 3 aromatic carbocycles. The normalized spacial score (nSPS) is 15.1. The van der Waals surface area contributed by atoms with Gasteiger partial charge in [0, 0.05) is 48.6 Å². The number of aryl methyl sites for hydroxylation is 1. The van der Waals surface area contributed by atoms with E-state index in [0.29, 0.717) is 22.5 Å². The number of benzene rings is 3. The number of hydrogen-bond donors (Lipinski definition) is 1. The van der Waals surface area contributed by atoms with E-state index in [4.69, 9.17) is 5.73 Å². The Morgan fingerprint density at radius 2 is 1.43 bits per heavy atom. The second-order valence-electron chi connectivity index (χ2n) is 9.95. The number of carbonyl (C=O) groups excluding carboxylic acids is 1. The first kappa shape index (κ1) is 23.4. The Hall–Kier alpha value is -4.03. The van der Waals surface area contributed by atoms with Gasteiger partial charge in [0.15, 0.2) is 5.78 Å². The van der Waals surface area contributed by atoms with E-state index in [2.05, 4.69) is 57.0 Å². The van der Waals surface area contributed by atoms with Gasteiger partial charge in [0.25, 0.3) is 0 Å². The van der Waals surface area contributed by atoms with Crippen molar-refractivity contribution in [1.82, 2.24) is 14.9 Å². The molecule has 186 valence electrons. The molecular formula is C31H31N5O. The van der Waals surface area contributed by atoms with Crippen LogP contribution in [0.2, 0.25) is 0 Å². The van der Waals surface area contributed by atoms with Crippen molar-refractivity contribution < 1.29 is 4.79 Å². The highest BCUT2D eigenvalue weighted by atomic mass is 16.1. The van der Waals surface area contributed by atoms with Crippen LogP contribution in [0, 0.1) is 6.92 Å². The zero-order valence-electron chi connectivity index (χ0n) is 21.4. The van der Waals surface area contributed by atoms with Gasteiger partial charge in [-0.1, -0.05) is 67.1 Å². The number of nitrogen functional groups attached to an aromatic ring is 1. The summed E-state index contributed by atoms with van der Waals surface area (Å²) in [5.74, 6) is 0.117. The van der Waals surface area contributed by atoms with Crippen molar-refractivity contribution >= 4 is 17.4 Å². The Morgan fingerprint density at radius 1 is 0.784 bits per heavy atom. The van der Waals surface area contributed by atoms with Crippen molar-refractivity contribution in [2.24, 2.45) is 0 Å². The molecule has 1 fully saturated rings. The largest absolute Gasteiger partial charge is 0.369 e. The van der Waals surface area contributed by atoms with Crippen LogP contribution in [0.1, 0.15) is 34.8 Å². The first-order valence-electron chi connectivity index (χ1n) is 13.0. The van der Waals surface area contributed by atoms with Crippen LogP contribution in [0.25, 0.3) is 33.6 Å². The summed E-state index contributed by atoms with van der Waals surface area (Å²) < 4.78 is 0. The highest BCUT2D eigenvalue weighted by molar-refractivity contribution is 6.25. The number of carbonyl (C=O) groups is 1. The van der Waals surface area contributed by atoms with Crippen molar-refractivity contribution in [1.29, 1.82) is 0 Å². The van der Waals surface area contributed by atoms with E-state index in [9.17, 15) is 4.79 Å². The summed E-state index contributed by atoms with van der Waals surface area (Å²) >= 11 is 0. The van der Waals surface area contributed by atoms with E-state index in [1.165, 1.54) is 18.7 Å². The van der Waals surface area contributed by atoms with Crippen LogP contribution in [0.15, 0.2) is 66.7 Å². The summed E-state index contributed by atoms with van der Waals surface area (Å²) in [6, 6.07) is 22.6. The van der Waals surface area contributed by atoms with E-state index in [1.54, 1.807) is 0 Å². The number of piperazine rings is 1. The average Bonchev–Trinajstić information content (AvgIpc) is 3.21. The van der Waals surface area contributed by atoms with Gasteiger partial charge in [-0.25, -0.2) is 9.97 Å². The molecule has 2 N–H and O–H groups in total.